The number of carboxylic acid groups (broad SMARTS) is 1. The van der Waals surface area contributed by atoms with E-state index in [1.807, 2.05) is 0 Å². The fourth-order valence-electron chi connectivity index (χ4n) is 2.25. The molecule has 2 N–H and O–H groups in total. The van der Waals surface area contributed by atoms with E-state index in [1.54, 1.807) is 0 Å². The molecule has 0 saturated carbocycles. The minimum Gasteiger partial charge on any atom is -0.478 e. The Morgan fingerprint density at radius 3 is 1.96 bits per heavy atom. The highest BCUT2D eigenvalue weighted by molar-refractivity contribution is 5.80. The molecule has 132 valence electrons. The second-order valence-electron chi connectivity index (χ2n) is 5.45. The summed E-state index contributed by atoms with van der Waals surface area (Å²) in [4.78, 5) is 23.1. The van der Waals surface area contributed by atoms with E-state index in [1.165, 1.54) is 36.4 Å². The number of aliphatic hydroxyl groups is 1. The molecule has 2 aromatic rings. The highest BCUT2D eigenvalue weighted by Gasteiger charge is 2.27. The molecule has 0 aliphatic rings. The van der Waals surface area contributed by atoms with Crippen LogP contribution in [0.4, 0.5) is 8.78 Å². The summed E-state index contributed by atoms with van der Waals surface area (Å²) in [5, 5.41) is 19.0. The van der Waals surface area contributed by atoms with Crippen LogP contribution in [0.2, 0.25) is 0 Å². The van der Waals surface area contributed by atoms with Crippen LogP contribution in [0.25, 0.3) is 0 Å². The van der Waals surface area contributed by atoms with Gasteiger partial charge in [-0.2, -0.15) is 0 Å². The summed E-state index contributed by atoms with van der Waals surface area (Å²) in [5.41, 5.74) is 0.696. The van der Waals surface area contributed by atoms with Crippen molar-refractivity contribution in [3.05, 3.63) is 71.3 Å². The molecular formula is C18H16F2O5. The first kappa shape index (κ1) is 18.5. The minimum absolute atomic E-state index is 0.219. The monoisotopic (exact) mass is 350 g/mol. The Morgan fingerprint density at radius 2 is 1.48 bits per heavy atom. The van der Waals surface area contributed by atoms with Gasteiger partial charge in [-0.25, -0.2) is 18.4 Å². The second kappa shape index (κ2) is 8.34. The highest BCUT2D eigenvalue weighted by atomic mass is 19.1. The van der Waals surface area contributed by atoms with Crippen molar-refractivity contribution >= 4 is 11.9 Å². The summed E-state index contributed by atoms with van der Waals surface area (Å²) in [6.45, 7) is 0. The predicted molar refractivity (Wildman–Crippen MR) is 83.7 cm³/mol. The maximum absolute atomic E-state index is 13.2. The van der Waals surface area contributed by atoms with Crippen molar-refractivity contribution in [3.63, 3.8) is 0 Å². The van der Waals surface area contributed by atoms with Gasteiger partial charge in [-0.15, -0.1) is 0 Å². The van der Waals surface area contributed by atoms with Crippen molar-refractivity contribution in [2.75, 3.05) is 0 Å². The number of benzene rings is 2. The lowest BCUT2D eigenvalue weighted by Crippen LogP contribution is -2.35. The molecular weight excluding hydrogens is 334 g/mol. The normalized spacial score (nSPS) is 13.1. The predicted octanol–water partition coefficient (Wildman–Crippen LogP) is 2.11. The smallest absolute Gasteiger partial charge is 0.345 e. The van der Waals surface area contributed by atoms with Crippen molar-refractivity contribution in [2.24, 2.45) is 0 Å². The van der Waals surface area contributed by atoms with Gasteiger partial charge in [0.25, 0.3) is 0 Å². The zero-order chi connectivity index (χ0) is 18.4. The summed E-state index contributed by atoms with van der Waals surface area (Å²) in [5.74, 6) is -3.63. The van der Waals surface area contributed by atoms with Crippen LogP contribution < -0.4 is 0 Å². The average molecular weight is 350 g/mol. The van der Waals surface area contributed by atoms with Gasteiger partial charge in [-0.3, -0.25) is 0 Å². The Morgan fingerprint density at radius 1 is 0.960 bits per heavy atom. The van der Waals surface area contributed by atoms with E-state index in [2.05, 4.69) is 0 Å². The quantitative estimate of drug-likeness (QED) is 0.747. The molecule has 0 heterocycles. The number of rotatable bonds is 7. The number of esters is 1. The first-order valence-corrected chi connectivity index (χ1v) is 7.45. The number of carbonyl (C=O) groups is 2. The molecule has 0 radical (unpaired) electrons. The Labute approximate surface area is 142 Å². The SMILES string of the molecule is O=C(OC(Cc1cccc(F)c1)C(=O)O)C(O)Cc1cccc(F)c1. The van der Waals surface area contributed by atoms with Crippen LogP contribution >= 0.6 is 0 Å². The summed E-state index contributed by atoms with van der Waals surface area (Å²) >= 11 is 0. The van der Waals surface area contributed by atoms with Gasteiger partial charge in [-0.1, -0.05) is 24.3 Å². The maximum atomic E-state index is 13.2. The third kappa shape index (κ3) is 5.65. The number of aliphatic hydroxyl groups excluding tert-OH is 1. The number of ether oxygens (including phenoxy) is 1. The van der Waals surface area contributed by atoms with Crippen LogP contribution in [0.5, 0.6) is 0 Å². The Balaban J connectivity index is 2.00. The average Bonchev–Trinajstić information content (AvgIpc) is 2.54. The van der Waals surface area contributed by atoms with Crippen LogP contribution in [0.1, 0.15) is 11.1 Å². The van der Waals surface area contributed by atoms with Gasteiger partial charge < -0.3 is 14.9 Å². The second-order valence-corrected chi connectivity index (χ2v) is 5.45. The van der Waals surface area contributed by atoms with E-state index in [-0.39, 0.29) is 12.8 Å². The van der Waals surface area contributed by atoms with Crippen LogP contribution in [0, 0.1) is 11.6 Å². The summed E-state index contributed by atoms with van der Waals surface area (Å²) in [6.07, 6.45) is -3.68. The van der Waals surface area contributed by atoms with Crippen LogP contribution in [0.15, 0.2) is 48.5 Å². The molecule has 0 fully saturated rings. The highest BCUT2D eigenvalue weighted by Crippen LogP contribution is 2.12. The molecule has 0 bridgehead atoms. The van der Waals surface area contributed by atoms with E-state index in [0.29, 0.717) is 11.1 Å². The molecule has 25 heavy (non-hydrogen) atoms. The maximum Gasteiger partial charge on any atom is 0.345 e. The van der Waals surface area contributed by atoms with Crippen molar-refractivity contribution in [1.29, 1.82) is 0 Å². The van der Waals surface area contributed by atoms with Gasteiger partial charge >= 0.3 is 11.9 Å². The summed E-state index contributed by atoms with van der Waals surface area (Å²) in [6, 6.07) is 10.5. The van der Waals surface area contributed by atoms with Gasteiger partial charge in [-0.05, 0) is 35.4 Å². The van der Waals surface area contributed by atoms with Gasteiger partial charge in [0, 0.05) is 12.8 Å². The molecule has 0 saturated heterocycles. The number of halogens is 2. The molecule has 0 spiro atoms. The van der Waals surface area contributed by atoms with Gasteiger partial charge in [0.15, 0.2) is 6.10 Å². The minimum atomic E-state index is -1.64. The zero-order valence-corrected chi connectivity index (χ0v) is 13.1. The van der Waals surface area contributed by atoms with Crippen molar-refractivity contribution in [2.45, 2.75) is 25.0 Å². The Kier molecular flexibility index (Phi) is 6.19. The molecule has 0 amide bonds. The molecule has 2 atom stereocenters. The number of hydrogen-bond donors (Lipinski definition) is 2. The fraction of sp³-hybridized carbons (Fsp3) is 0.222. The third-order valence-corrected chi connectivity index (χ3v) is 3.43. The molecule has 7 heteroatoms. The number of carbonyl (C=O) groups excluding carboxylic acids is 1. The number of carboxylic acids is 1. The Bertz CT molecular complexity index is 763. The summed E-state index contributed by atoms with van der Waals surface area (Å²) < 4.78 is 31.1. The van der Waals surface area contributed by atoms with E-state index in [0.717, 1.165) is 12.1 Å². The van der Waals surface area contributed by atoms with Crippen LogP contribution in [-0.2, 0) is 27.2 Å². The van der Waals surface area contributed by atoms with E-state index in [9.17, 15) is 23.5 Å². The van der Waals surface area contributed by atoms with Crippen LogP contribution in [0.3, 0.4) is 0 Å². The van der Waals surface area contributed by atoms with Gasteiger partial charge in [0.1, 0.15) is 11.6 Å². The number of aliphatic carboxylic acids is 1. The van der Waals surface area contributed by atoms with E-state index >= 15 is 0 Å². The summed E-state index contributed by atoms with van der Waals surface area (Å²) in [7, 11) is 0. The first-order valence-electron chi connectivity index (χ1n) is 7.45. The van der Waals surface area contributed by atoms with Gasteiger partial charge in [0.2, 0.25) is 6.10 Å². The molecule has 0 aliphatic carbocycles. The standard InChI is InChI=1S/C18H16F2O5/c19-13-5-1-3-11(7-13)9-15(21)18(24)25-16(17(22)23)10-12-4-2-6-14(20)8-12/h1-8,15-16,21H,9-10H2,(H,22,23). The topological polar surface area (TPSA) is 83.8 Å². The van der Waals surface area contributed by atoms with Crippen molar-refractivity contribution in [1.82, 2.24) is 0 Å². The van der Waals surface area contributed by atoms with E-state index in [4.69, 9.17) is 9.84 Å². The van der Waals surface area contributed by atoms with Crippen molar-refractivity contribution in [3.8, 4) is 0 Å². The van der Waals surface area contributed by atoms with Crippen molar-refractivity contribution < 1.29 is 33.3 Å². The van der Waals surface area contributed by atoms with Crippen LogP contribution in [-0.4, -0.2) is 34.4 Å². The zero-order valence-electron chi connectivity index (χ0n) is 13.1. The molecule has 0 aromatic heterocycles. The first-order chi connectivity index (χ1) is 11.8. The molecule has 0 aliphatic heterocycles. The molecule has 5 nitrogen and oxygen atoms in total. The lowest BCUT2D eigenvalue weighted by atomic mass is 10.1. The van der Waals surface area contributed by atoms with Gasteiger partial charge in [0.05, 0.1) is 0 Å². The van der Waals surface area contributed by atoms with E-state index < -0.39 is 35.8 Å². The fourth-order valence-corrected chi connectivity index (χ4v) is 2.25. The lowest BCUT2D eigenvalue weighted by molar-refractivity contribution is -0.170. The number of hydrogen-bond acceptors (Lipinski definition) is 4. The lowest BCUT2D eigenvalue weighted by Gasteiger charge is -2.17. The Hall–Kier alpha value is -2.80. The largest absolute Gasteiger partial charge is 0.478 e. The third-order valence-electron chi connectivity index (χ3n) is 3.43. The molecule has 2 rings (SSSR count). The molecule has 2 aromatic carbocycles. The molecule has 2 unspecified atom stereocenters.